The molecular formula is C10H17N9. The molecule has 0 aliphatic carbocycles. The van der Waals surface area contributed by atoms with Crippen molar-refractivity contribution < 1.29 is 0 Å². The highest BCUT2D eigenvalue weighted by Gasteiger charge is 2.16. The van der Waals surface area contributed by atoms with Crippen molar-refractivity contribution in [3.8, 4) is 0 Å². The highest BCUT2D eigenvalue weighted by atomic mass is 15.5. The number of nitrogens with two attached hydrogens (primary N) is 1. The summed E-state index contributed by atoms with van der Waals surface area (Å²) in [7, 11) is 2.12. The second kappa shape index (κ2) is 4.96. The van der Waals surface area contributed by atoms with E-state index in [0.29, 0.717) is 17.4 Å². The molecule has 0 aromatic carbocycles. The smallest absolute Gasteiger partial charge is 0.241 e. The van der Waals surface area contributed by atoms with Gasteiger partial charge in [0, 0.05) is 26.2 Å². The quantitative estimate of drug-likeness (QED) is 0.421. The minimum absolute atomic E-state index is 0.355. The van der Waals surface area contributed by atoms with Gasteiger partial charge in [0.05, 0.1) is 11.6 Å². The molecule has 3 heterocycles. The van der Waals surface area contributed by atoms with E-state index in [1.807, 2.05) is 0 Å². The Bertz CT molecular complexity index is 557. The monoisotopic (exact) mass is 263 g/mol. The van der Waals surface area contributed by atoms with Crippen molar-refractivity contribution in [1.29, 1.82) is 0 Å². The number of hydrogen-bond donors (Lipinski definition) is 4. The predicted molar refractivity (Wildman–Crippen MR) is 72.2 cm³/mol. The second-order valence-corrected chi connectivity index (χ2v) is 4.57. The van der Waals surface area contributed by atoms with Gasteiger partial charge in [-0.3, -0.25) is 10.5 Å². The summed E-state index contributed by atoms with van der Waals surface area (Å²) in [5.74, 6) is 6.43. The fourth-order valence-corrected chi connectivity index (χ4v) is 2.05. The lowest BCUT2D eigenvalue weighted by Gasteiger charge is -2.32. The summed E-state index contributed by atoms with van der Waals surface area (Å²) in [4.78, 5) is 10.8. The van der Waals surface area contributed by atoms with E-state index in [4.69, 9.17) is 5.84 Å². The fraction of sp³-hybridized carbons (Fsp3) is 0.500. The van der Waals surface area contributed by atoms with Gasteiger partial charge in [0.2, 0.25) is 5.95 Å². The third-order valence-corrected chi connectivity index (χ3v) is 3.21. The Balaban J connectivity index is 1.85. The number of nitrogen functional groups attached to an aromatic ring is 1. The van der Waals surface area contributed by atoms with E-state index in [0.717, 1.165) is 31.6 Å². The molecule has 5 N–H and O–H groups in total. The van der Waals surface area contributed by atoms with Gasteiger partial charge < -0.3 is 10.3 Å². The van der Waals surface area contributed by atoms with Gasteiger partial charge >= 0.3 is 0 Å². The van der Waals surface area contributed by atoms with E-state index in [-0.39, 0.29) is 0 Å². The van der Waals surface area contributed by atoms with Gasteiger partial charge in [-0.05, 0) is 7.05 Å². The zero-order valence-corrected chi connectivity index (χ0v) is 10.7. The Hall–Kier alpha value is -1.97. The lowest BCUT2D eigenvalue weighted by atomic mass is 10.3. The van der Waals surface area contributed by atoms with Crippen LogP contribution in [0.4, 0.5) is 11.8 Å². The van der Waals surface area contributed by atoms with Crippen molar-refractivity contribution in [2.75, 3.05) is 44.1 Å². The molecule has 3 rings (SSSR count). The summed E-state index contributed by atoms with van der Waals surface area (Å²) < 4.78 is 0. The van der Waals surface area contributed by atoms with Crippen LogP contribution in [0.5, 0.6) is 0 Å². The molecule has 2 aromatic rings. The van der Waals surface area contributed by atoms with Crippen LogP contribution < -0.4 is 16.7 Å². The highest BCUT2D eigenvalue weighted by molar-refractivity contribution is 5.86. The van der Waals surface area contributed by atoms with Gasteiger partial charge in [-0.15, -0.1) is 0 Å². The van der Waals surface area contributed by atoms with Gasteiger partial charge in [0.15, 0.2) is 11.5 Å². The number of likely N-dealkylation sites (N-methyl/N-ethyl adjacent to an activating group) is 1. The number of hydrazine groups is 2. The molecule has 19 heavy (non-hydrogen) atoms. The molecule has 0 saturated carbocycles. The zero-order valence-electron chi connectivity index (χ0n) is 10.7. The van der Waals surface area contributed by atoms with Crippen LogP contribution in [0.1, 0.15) is 0 Å². The standard InChI is InChI=1S/C10H17N9/c1-18-2-4-19(5-3-18)17-9-7-6-12-16-8(7)13-10(14-9)15-11/h6H,2-5,11H2,1H3,(H3,12,13,14,15,16,17). The topological polar surface area (TPSA) is 111 Å². The minimum atomic E-state index is 0.355. The molecule has 0 radical (unpaired) electrons. The summed E-state index contributed by atoms with van der Waals surface area (Å²) in [6.45, 7) is 3.92. The van der Waals surface area contributed by atoms with Crippen LogP contribution in [0.3, 0.4) is 0 Å². The van der Waals surface area contributed by atoms with E-state index in [1.54, 1.807) is 6.20 Å². The van der Waals surface area contributed by atoms with Gasteiger partial charge in [-0.2, -0.15) is 15.1 Å². The molecule has 102 valence electrons. The zero-order chi connectivity index (χ0) is 13.2. The first-order chi connectivity index (χ1) is 9.26. The molecule has 1 fully saturated rings. The van der Waals surface area contributed by atoms with Gasteiger partial charge in [-0.25, -0.2) is 10.9 Å². The highest BCUT2D eigenvalue weighted by Crippen LogP contribution is 2.20. The van der Waals surface area contributed by atoms with Crippen LogP contribution in [-0.4, -0.2) is 63.3 Å². The van der Waals surface area contributed by atoms with Crippen LogP contribution in [0, 0.1) is 0 Å². The van der Waals surface area contributed by atoms with E-state index in [2.05, 4.69) is 48.0 Å². The number of nitrogens with one attached hydrogen (secondary N) is 3. The number of hydrogen-bond acceptors (Lipinski definition) is 8. The number of nitrogens with zero attached hydrogens (tertiary/aromatic N) is 5. The molecular weight excluding hydrogens is 246 g/mol. The van der Waals surface area contributed by atoms with Crippen LogP contribution in [0.2, 0.25) is 0 Å². The van der Waals surface area contributed by atoms with E-state index in [9.17, 15) is 0 Å². The largest absolute Gasteiger partial charge is 0.304 e. The third-order valence-electron chi connectivity index (χ3n) is 3.21. The average Bonchev–Trinajstić information content (AvgIpc) is 2.89. The number of H-pyrrole nitrogens is 1. The first kappa shape index (κ1) is 12.1. The average molecular weight is 263 g/mol. The molecule has 0 amide bonds. The SMILES string of the molecule is CN1CCN(Nc2nc(NN)nc3[nH]ncc23)CC1. The molecule has 0 atom stereocenters. The maximum atomic E-state index is 5.37. The van der Waals surface area contributed by atoms with Crippen LogP contribution in [-0.2, 0) is 0 Å². The first-order valence-electron chi connectivity index (χ1n) is 6.14. The molecule has 2 aromatic heterocycles. The Morgan fingerprint density at radius 1 is 1.26 bits per heavy atom. The Morgan fingerprint density at radius 3 is 2.79 bits per heavy atom. The van der Waals surface area contributed by atoms with Crippen molar-refractivity contribution in [2.45, 2.75) is 0 Å². The van der Waals surface area contributed by atoms with Crippen molar-refractivity contribution >= 4 is 22.8 Å². The van der Waals surface area contributed by atoms with Crippen LogP contribution in [0.15, 0.2) is 6.20 Å². The van der Waals surface area contributed by atoms with Gasteiger partial charge in [0.1, 0.15) is 0 Å². The summed E-state index contributed by atoms with van der Waals surface area (Å²) in [6.07, 6.45) is 1.70. The lowest BCUT2D eigenvalue weighted by Crippen LogP contribution is -2.47. The van der Waals surface area contributed by atoms with Crippen molar-refractivity contribution in [3.05, 3.63) is 6.20 Å². The predicted octanol–water partition coefficient (Wildman–Crippen LogP) is -0.787. The first-order valence-corrected chi connectivity index (χ1v) is 6.14. The molecule has 1 aliphatic rings. The summed E-state index contributed by atoms with van der Waals surface area (Å²) in [6, 6.07) is 0. The normalized spacial score (nSPS) is 17.8. The minimum Gasteiger partial charge on any atom is -0.304 e. The molecule has 9 heteroatoms. The number of aromatic amines is 1. The number of rotatable bonds is 3. The van der Waals surface area contributed by atoms with Crippen molar-refractivity contribution in [1.82, 2.24) is 30.1 Å². The Kier molecular flexibility index (Phi) is 3.15. The third kappa shape index (κ3) is 2.43. The summed E-state index contributed by atoms with van der Waals surface area (Å²) >= 11 is 0. The molecule has 1 aliphatic heterocycles. The number of anilines is 2. The molecule has 0 bridgehead atoms. The Labute approximate surface area is 110 Å². The fourth-order valence-electron chi connectivity index (χ4n) is 2.05. The lowest BCUT2D eigenvalue weighted by molar-refractivity contribution is 0.178. The molecule has 0 unspecified atom stereocenters. The van der Waals surface area contributed by atoms with Crippen LogP contribution in [0.25, 0.3) is 11.0 Å². The second-order valence-electron chi connectivity index (χ2n) is 4.57. The number of fused-ring (bicyclic) bond motifs is 1. The van der Waals surface area contributed by atoms with Crippen molar-refractivity contribution in [2.24, 2.45) is 5.84 Å². The molecule has 1 saturated heterocycles. The summed E-state index contributed by atoms with van der Waals surface area (Å²) in [5.41, 5.74) is 6.41. The van der Waals surface area contributed by atoms with Gasteiger partial charge in [-0.1, -0.05) is 0 Å². The van der Waals surface area contributed by atoms with Crippen LogP contribution >= 0.6 is 0 Å². The van der Waals surface area contributed by atoms with Crippen molar-refractivity contribution in [3.63, 3.8) is 0 Å². The van der Waals surface area contributed by atoms with E-state index < -0.39 is 0 Å². The molecule has 0 spiro atoms. The van der Waals surface area contributed by atoms with E-state index in [1.165, 1.54) is 0 Å². The maximum Gasteiger partial charge on any atom is 0.241 e. The summed E-state index contributed by atoms with van der Waals surface area (Å²) in [5, 5.41) is 9.77. The Morgan fingerprint density at radius 2 is 2.05 bits per heavy atom. The number of piperazine rings is 1. The van der Waals surface area contributed by atoms with E-state index >= 15 is 0 Å². The molecule has 9 nitrogen and oxygen atoms in total. The van der Waals surface area contributed by atoms with Gasteiger partial charge in [0.25, 0.3) is 0 Å². The maximum absolute atomic E-state index is 5.37. The number of aromatic nitrogens is 4.